The van der Waals surface area contributed by atoms with Crippen molar-refractivity contribution in [1.82, 2.24) is 0 Å². The molecule has 0 saturated carbocycles. The number of allylic oxidation sites excluding steroid dienone is 4. The number of carbonyl (C=O) groups is 1. The molecule has 0 atom stereocenters. The molecule has 1 aromatic rings. The second-order valence-electron chi connectivity index (χ2n) is 4.02. The van der Waals surface area contributed by atoms with Crippen LogP contribution in [0.25, 0.3) is 0 Å². The molecule has 2 rings (SSSR count). The van der Waals surface area contributed by atoms with Crippen LogP contribution in [0.1, 0.15) is 35.7 Å². The second-order valence-corrected chi connectivity index (χ2v) is 4.02. The Morgan fingerprint density at radius 1 is 1.28 bits per heavy atom. The highest BCUT2D eigenvalue weighted by atomic mass is 16.1. The predicted molar refractivity (Wildman–Crippen MR) is 76.5 cm³/mol. The van der Waals surface area contributed by atoms with Crippen molar-refractivity contribution >= 4 is 5.78 Å². The molecule has 0 fully saturated rings. The minimum absolute atomic E-state index is 0.145. The van der Waals surface area contributed by atoms with Crippen LogP contribution in [0.5, 0.6) is 0 Å². The average Bonchev–Trinajstić information content (AvgIpc) is 2.49. The third-order valence-corrected chi connectivity index (χ3v) is 2.85. The highest BCUT2D eigenvalue weighted by Gasteiger charge is 2.11. The quantitative estimate of drug-likeness (QED) is 0.575. The predicted octanol–water partition coefficient (Wildman–Crippen LogP) is 3.96. The molecule has 0 radical (unpaired) electrons. The molecule has 1 aliphatic rings. The highest BCUT2D eigenvalue weighted by Crippen LogP contribution is 2.16. The van der Waals surface area contributed by atoms with Gasteiger partial charge in [-0.3, -0.25) is 4.79 Å². The van der Waals surface area contributed by atoms with Crippen LogP contribution < -0.4 is 0 Å². The summed E-state index contributed by atoms with van der Waals surface area (Å²) in [5.74, 6) is 0.145. The Kier molecular flexibility index (Phi) is 5.67. The number of hydrogen-bond donors (Lipinski definition) is 0. The third kappa shape index (κ3) is 3.46. The number of Topliss-reactive ketones (excluding diaryl/α,β-unsaturated/α-hetero) is 1. The first kappa shape index (κ1) is 14.0. The van der Waals surface area contributed by atoms with Gasteiger partial charge in [-0.15, -0.1) is 12.8 Å². The van der Waals surface area contributed by atoms with Crippen LogP contribution in [-0.4, -0.2) is 5.78 Å². The number of rotatable bonds is 3. The largest absolute Gasteiger partial charge is 0.289 e. The van der Waals surface area contributed by atoms with E-state index in [9.17, 15) is 4.79 Å². The Hall–Kier alpha value is -2.07. The van der Waals surface area contributed by atoms with Gasteiger partial charge in [0.1, 0.15) is 0 Å². The van der Waals surface area contributed by atoms with E-state index < -0.39 is 0 Å². The normalized spacial score (nSPS) is 13.2. The van der Waals surface area contributed by atoms with E-state index >= 15 is 0 Å². The van der Waals surface area contributed by atoms with Crippen LogP contribution in [0.15, 0.2) is 48.1 Å². The van der Waals surface area contributed by atoms with E-state index in [4.69, 9.17) is 0 Å². The Morgan fingerprint density at radius 3 is 2.67 bits per heavy atom. The van der Waals surface area contributed by atoms with E-state index in [2.05, 4.69) is 31.9 Å². The van der Waals surface area contributed by atoms with Gasteiger partial charge in [-0.25, -0.2) is 0 Å². The maximum Gasteiger partial charge on any atom is 0.192 e. The summed E-state index contributed by atoms with van der Waals surface area (Å²) in [4.78, 5) is 12.1. The molecule has 1 heteroatoms. The molecule has 1 aliphatic carbocycles. The molecule has 0 bridgehead atoms. The summed E-state index contributed by atoms with van der Waals surface area (Å²) in [6.07, 6.45) is 17.0. The molecule has 92 valence electrons. The fraction of sp³-hybridized carbons (Fsp3) is 0.235. The van der Waals surface area contributed by atoms with Crippen molar-refractivity contribution < 1.29 is 4.79 Å². The lowest BCUT2D eigenvalue weighted by Crippen LogP contribution is -2.03. The van der Waals surface area contributed by atoms with Gasteiger partial charge in [0.15, 0.2) is 5.78 Å². The summed E-state index contributed by atoms with van der Waals surface area (Å²) in [6, 6.07) is 7.90. The van der Waals surface area contributed by atoms with Gasteiger partial charge in [0.2, 0.25) is 0 Å². The van der Waals surface area contributed by atoms with Crippen LogP contribution in [0, 0.1) is 12.8 Å². The third-order valence-electron chi connectivity index (χ3n) is 2.85. The number of benzene rings is 1. The molecule has 18 heavy (non-hydrogen) atoms. The van der Waals surface area contributed by atoms with Crippen LogP contribution in [0.4, 0.5) is 0 Å². The molecule has 0 heterocycles. The van der Waals surface area contributed by atoms with Crippen LogP contribution >= 0.6 is 0 Å². The fourth-order valence-corrected chi connectivity index (χ4v) is 1.88. The lowest BCUT2D eigenvalue weighted by atomic mass is 9.97. The molecule has 0 spiro atoms. The van der Waals surface area contributed by atoms with Gasteiger partial charge in [0, 0.05) is 11.1 Å². The first-order valence-corrected chi connectivity index (χ1v) is 6.15. The summed E-state index contributed by atoms with van der Waals surface area (Å²) in [7, 11) is 0. The van der Waals surface area contributed by atoms with Crippen molar-refractivity contribution in [2.45, 2.75) is 26.2 Å². The van der Waals surface area contributed by atoms with Crippen molar-refractivity contribution in [1.29, 1.82) is 0 Å². The summed E-state index contributed by atoms with van der Waals surface area (Å²) in [5, 5.41) is 0. The summed E-state index contributed by atoms with van der Waals surface area (Å²) >= 11 is 0. The van der Waals surface area contributed by atoms with Crippen molar-refractivity contribution in [2.75, 3.05) is 0 Å². The first-order chi connectivity index (χ1) is 8.81. The Bertz CT molecular complexity index is 489. The van der Waals surface area contributed by atoms with Gasteiger partial charge >= 0.3 is 0 Å². The zero-order chi connectivity index (χ0) is 13.4. The summed E-state index contributed by atoms with van der Waals surface area (Å²) in [6.45, 7) is 2.10. The van der Waals surface area contributed by atoms with Crippen molar-refractivity contribution in [3.8, 4) is 12.8 Å². The zero-order valence-electron chi connectivity index (χ0n) is 10.7. The standard InChI is InChI=1S/C15H16O.C2H2/c1-2-12-7-6-10-14(11-12)15(16)13-8-4-3-5-9-13;1-2/h4,6-11H,2-3,5H2,1H3;1-2H. The van der Waals surface area contributed by atoms with E-state index in [1.807, 2.05) is 30.4 Å². The monoisotopic (exact) mass is 238 g/mol. The SMILES string of the molecule is C#C.CCc1cccc(C(=O)C2=CCCC=C2)c1. The topological polar surface area (TPSA) is 17.1 Å². The van der Waals surface area contributed by atoms with Gasteiger partial charge in [0.05, 0.1) is 0 Å². The minimum Gasteiger partial charge on any atom is -0.289 e. The van der Waals surface area contributed by atoms with Gasteiger partial charge < -0.3 is 0 Å². The number of terminal acetylenes is 1. The van der Waals surface area contributed by atoms with Crippen molar-refractivity contribution in [3.05, 3.63) is 59.2 Å². The van der Waals surface area contributed by atoms with Crippen LogP contribution in [-0.2, 0) is 6.42 Å². The van der Waals surface area contributed by atoms with Gasteiger partial charge in [-0.05, 0) is 30.9 Å². The van der Waals surface area contributed by atoms with Gasteiger partial charge in [0.25, 0.3) is 0 Å². The molecule has 1 aromatic carbocycles. The van der Waals surface area contributed by atoms with E-state index in [-0.39, 0.29) is 5.78 Å². The van der Waals surface area contributed by atoms with Crippen molar-refractivity contribution in [3.63, 3.8) is 0 Å². The van der Waals surface area contributed by atoms with Gasteiger partial charge in [-0.2, -0.15) is 0 Å². The Labute approximate surface area is 109 Å². The maximum atomic E-state index is 12.1. The molecule has 1 nitrogen and oxygen atoms in total. The molecule has 0 aliphatic heterocycles. The number of aryl methyl sites for hydroxylation is 1. The fourth-order valence-electron chi connectivity index (χ4n) is 1.88. The lowest BCUT2D eigenvalue weighted by molar-refractivity contribution is 0.103. The maximum absolute atomic E-state index is 12.1. The highest BCUT2D eigenvalue weighted by molar-refractivity contribution is 6.10. The molecule has 0 aromatic heterocycles. The molecule has 0 amide bonds. The van der Waals surface area contributed by atoms with E-state index in [0.29, 0.717) is 0 Å². The number of hydrogen-bond acceptors (Lipinski definition) is 1. The first-order valence-electron chi connectivity index (χ1n) is 6.15. The molecule has 0 unspecified atom stereocenters. The number of carbonyl (C=O) groups excluding carboxylic acids is 1. The average molecular weight is 238 g/mol. The smallest absolute Gasteiger partial charge is 0.192 e. The van der Waals surface area contributed by atoms with E-state index in [1.54, 1.807) is 0 Å². The lowest BCUT2D eigenvalue weighted by Gasteiger charge is -2.07. The summed E-state index contributed by atoms with van der Waals surface area (Å²) < 4.78 is 0. The number of ketones is 1. The molecular formula is C17H18O. The minimum atomic E-state index is 0.145. The van der Waals surface area contributed by atoms with Crippen molar-refractivity contribution in [2.24, 2.45) is 0 Å². The molecular weight excluding hydrogens is 220 g/mol. The van der Waals surface area contributed by atoms with E-state index in [0.717, 1.165) is 30.4 Å². The Balaban J connectivity index is 0.000000771. The van der Waals surface area contributed by atoms with Crippen LogP contribution in [0.2, 0.25) is 0 Å². The molecule has 0 saturated heterocycles. The molecule has 0 N–H and O–H groups in total. The van der Waals surface area contributed by atoms with E-state index in [1.165, 1.54) is 5.56 Å². The Morgan fingerprint density at radius 2 is 2.06 bits per heavy atom. The summed E-state index contributed by atoms with van der Waals surface area (Å²) in [5.41, 5.74) is 2.85. The van der Waals surface area contributed by atoms with Gasteiger partial charge in [-0.1, -0.05) is 43.4 Å². The second kappa shape index (κ2) is 7.29. The zero-order valence-corrected chi connectivity index (χ0v) is 10.7. The van der Waals surface area contributed by atoms with Crippen LogP contribution in [0.3, 0.4) is 0 Å².